The topological polar surface area (TPSA) is 34.9 Å². The predicted molar refractivity (Wildman–Crippen MR) is 77.2 cm³/mol. The van der Waals surface area contributed by atoms with Gasteiger partial charge in [-0.25, -0.2) is 4.68 Å². The highest BCUT2D eigenvalue weighted by molar-refractivity contribution is 6.21. The average molecular weight is 260 g/mol. The highest BCUT2D eigenvalue weighted by Crippen LogP contribution is 2.39. The number of ketones is 1. The van der Waals surface area contributed by atoms with E-state index in [2.05, 4.69) is 5.10 Å². The van der Waals surface area contributed by atoms with Crippen LogP contribution in [0.3, 0.4) is 0 Å². The molecular weight excluding hydrogens is 248 g/mol. The maximum Gasteiger partial charge on any atom is 0.197 e. The number of benzene rings is 2. The van der Waals surface area contributed by atoms with Gasteiger partial charge in [0.15, 0.2) is 5.78 Å². The number of aromatic nitrogens is 2. The summed E-state index contributed by atoms with van der Waals surface area (Å²) in [5.74, 6) is 0.0790. The molecule has 2 aromatic carbocycles. The molecule has 0 fully saturated rings. The lowest BCUT2D eigenvalue weighted by Crippen LogP contribution is -1.99. The smallest absolute Gasteiger partial charge is 0.197 e. The van der Waals surface area contributed by atoms with Crippen LogP contribution >= 0.6 is 0 Å². The molecule has 96 valence electrons. The van der Waals surface area contributed by atoms with E-state index in [0.29, 0.717) is 0 Å². The van der Waals surface area contributed by atoms with Crippen LogP contribution in [-0.2, 0) is 0 Å². The molecule has 1 heterocycles. The summed E-state index contributed by atoms with van der Waals surface area (Å²) in [5.41, 5.74) is 5.14. The van der Waals surface area contributed by atoms with Crippen molar-refractivity contribution in [2.24, 2.45) is 0 Å². The van der Waals surface area contributed by atoms with Crippen molar-refractivity contribution in [1.29, 1.82) is 0 Å². The fourth-order valence-electron chi connectivity index (χ4n) is 2.83. The predicted octanol–water partition coefficient (Wildman–Crippen LogP) is 3.39. The largest absolute Gasteiger partial charge is 0.288 e. The number of nitrogens with zero attached hydrogens (tertiary/aromatic N) is 2. The molecule has 0 bridgehead atoms. The van der Waals surface area contributed by atoms with Gasteiger partial charge >= 0.3 is 0 Å². The maximum atomic E-state index is 12.5. The van der Waals surface area contributed by atoms with E-state index in [-0.39, 0.29) is 5.78 Å². The van der Waals surface area contributed by atoms with Gasteiger partial charge in [-0.05, 0) is 19.1 Å². The monoisotopic (exact) mass is 260 g/mol. The zero-order valence-electron chi connectivity index (χ0n) is 11.0. The average Bonchev–Trinajstić information content (AvgIpc) is 2.98. The third kappa shape index (κ3) is 1.35. The number of carbonyl (C=O) groups excluding carboxylic acids is 1. The van der Waals surface area contributed by atoms with Gasteiger partial charge in [-0.15, -0.1) is 0 Å². The Morgan fingerprint density at radius 1 is 0.900 bits per heavy atom. The Kier molecular flexibility index (Phi) is 2.18. The summed E-state index contributed by atoms with van der Waals surface area (Å²) in [4.78, 5) is 12.5. The van der Waals surface area contributed by atoms with Crippen LogP contribution in [-0.4, -0.2) is 15.6 Å². The number of fused-ring (bicyclic) bond motifs is 3. The Morgan fingerprint density at radius 2 is 1.55 bits per heavy atom. The molecule has 1 aliphatic carbocycles. The molecule has 3 nitrogen and oxygen atoms in total. The third-order valence-corrected chi connectivity index (χ3v) is 3.72. The fourth-order valence-corrected chi connectivity index (χ4v) is 2.83. The summed E-state index contributed by atoms with van der Waals surface area (Å²) >= 11 is 0. The van der Waals surface area contributed by atoms with Crippen molar-refractivity contribution in [2.45, 2.75) is 6.92 Å². The van der Waals surface area contributed by atoms with Gasteiger partial charge in [0.2, 0.25) is 0 Å². The van der Waals surface area contributed by atoms with E-state index in [9.17, 15) is 4.79 Å². The Bertz CT molecular complexity index is 831. The molecule has 0 spiro atoms. The molecule has 0 amide bonds. The van der Waals surface area contributed by atoms with E-state index in [1.54, 1.807) is 0 Å². The Morgan fingerprint density at radius 3 is 2.30 bits per heavy atom. The summed E-state index contributed by atoms with van der Waals surface area (Å²) < 4.78 is 1.87. The van der Waals surface area contributed by atoms with Crippen LogP contribution in [0.4, 0.5) is 0 Å². The van der Waals surface area contributed by atoms with Gasteiger partial charge in [-0.3, -0.25) is 4.79 Å². The molecule has 0 aliphatic heterocycles. The number of carbonyl (C=O) groups is 1. The molecule has 1 aliphatic rings. The molecule has 0 saturated heterocycles. The van der Waals surface area contributed by atoms with Gasteiger partial charge in [-0.2, -0.15) is 5.10 Å². The van der Waals surface area contributed by atoms with Crippen LogP contribution in [0.25, 0.3) is 16.9 Å². The first-order chi connectivity index (χ1) is 9.77. The van der Waals surface area contributed by atoms with E-state index < -0.39 is 0 Å². The Balaban J connectivity index is 2.07. The first-order valence-electron chi connectivity index (χ1n) is 6.56. The van der Waals surface area contributed by atoms with E-state index in [4.69, 9.17) is 0 Å². The standard InChI is InChI=1S/C17H12N2O/c1-11-15-16(13-9-5-6-10-14(13)17(15)20)19(18-11)12-7-3-2-4-8-12/h2-10H,1H3. The second kappa shape index (κ2) is 3.90. The highest BCUT2D eigenvalue weighted by Gasteiger charge is 2.33. The SMILES string of the molecule is Cc1nn(-c2ccccc2)c2c1C(=O)c1ccccc1-2. The summed E-state index contributed by atoms with van der Waals surface area (Å²) in [5, 5.41) is 4.55. The van der Waals surface area contributed by atoms with Crippen LogP contribution in [0, 0.1) is 6.92 Å². The lowest BCUT2D eigenvalue weighted by Gasteiger charge is -2.06. The molecule has 0 N–H and O–H groups in total. The molecule has 0 unspecified atom stereocenters. The van der Waals surface area contributed by atoms with Crippen LogP contribution < -0.4 is 0 Å². The zero-order valence-corrected chi connectivity index (χ0v) is 11.0. The van der Waals surface area contributed by atoms with E-state index in [1.807, 2.05) is 66.2 Å². The molecule has 0 radical (unpaired) electrons. The highest BCUT2D eigenvalue weighted by atomic mass is 16.1. The second-order valence-corrected chi connectivity index (χ2v) is 4.93. The third-order valence-electron chi connectivity index (χ3n) is 3.72. The molecule has 1 aromatic heterocycles. The molecule has 0 saturated carbocycles. The first-order valence-corrected chi connectivity index (χ1v) is 6.56. The van der Waals surface area contributed by atoms with Gasteiger partial charge in [0, 0.05) is 11.1 Å². The van der Waals surface area contributed by atoms with Gasteiger partial charge < -0.3 is 0 Å². The van der Waals surface area contributed by atoms with E-state index in [0.717, 1.165) is 33.8 Å². The van der Waals surface area contributed by atoms with Gasteiger partial charge in [-0.1, -0.05) is 42.5 Å². The molecule has 0 atom stereocenters. The molecule has 3 heteroatoms. The number of hydrogen-bond acceptors (Lipinski definition) is 2. The van der Waals surface area contributed by atoms with E-state index in [1.165, 1.54) is 0 Å². The number of hydrogen-bond donors (Lipinski definition) is 0. The van der Waals surface area contributed by atoms with Crippen molar-refractivity contribution >= 4 is 5.78 Å². The van der Waals surface area contributed by atoms with Crippen LogP contribution in [0.1, 0.15) is 21.6 Å². The van der Waals surface area contributed by atoms with Crippen LogP contribution in [0.15, 0.2) is 54.6 Å². The van der Waals surface area contributed by atoms with E-state index >= 15 is 0 Å². The maximum absolute atomic E-state index is 12.5. The minimum absolute atomic E-state index is 0.0790. The minimum atomic E-state index is 0.0790. The second-order valence-electron chi connectivity index (χ2n) is 4.93. The summed E-state index contributed by atoms with van der Waals surface area (Å²) in [6.07, 6.45) is 0. The lowest BCUT2D eigenvalue weighted by molar-refractivity contribution is 0.104. The van der Waals surface area contributed by atoms with Crippen molar-refractivity contribution in [2.75, 3.05) is 0 Å². The van der Waals surface area contributed by atoms with Crippen molar-refractivity contribution in [1.82, 2.24) is 9.78 Å². The van der Waals surface area contributed by atoms with Crippen molar-refractivity contribution < 1.29 is 4.79 Å². The zero-order chi connectivity index (χ0) is 13.7. The summed E-state index contributed by atoms with van der Waals surface area (Å²) in [7, 11) is 0. The first kappa shape index (κ1) is 11.2. The molecular formula is C17H12N2O. The minimum Gasteiger partial charge on any atom is -0.288 e. The van der Waals surface area contributed by atoms with Crippen LogP contribution in [0.5, 0.6) is 0 Å². The quantitative estimate of drug-likeness (QED) is 0.526. The van der Waals surface area contributed by atoms with Gasteiger partial charge in [0.1, 0.15) is 0 Å². The normalized spacial score (nSPS) is 12.3. The summed E-state index contributed by atoms with van der Waals surface area (Å²) in [6.45, 7) is 1.89. The summed E-state index contributed by atoms with van der Waals surface area (Å²) in [6, 6.07) is 17.6. The number of aryl methyl sites for hydroxylation is 1. The fraction of sp³-hybridized carbons (Fsp3) is 0.0588. The van der Waals surface area contributed by atoms with Gasteiger partial charge in [0.05, 0.1) is 22.6 Å². The molecule has 20 heavy (non-hydrogen) atoms. The van der Waals surface area contributed by atoms with Crippen molar-refractivity contribution in [3.63, 3.8) is 0 Å². The molecule has 3 aromatic rings. The van der Waals surface area contributed by atoms with Gasteiger partial charge in [0.25, 0.3) is 0 Å². The Labute approximate surface area is 116 Å². The lowest BCUT2D eigenvalue weighted by atomic mass is 10.1. The van der Waals surface area contributed by atoms with Crippen molar-refractivity contribution in [3.05, 3.63) is 71.4 Å². The number of para-hydroxylation sites is 1. The molecule has 4 rings (SSSR count). The Hall–Kier alpha value is -2.68. The van der Waals surface area contributed by atoms with Crippen molar-refractivity contribution in [3.8, 4) is 16.9 Å². The van der Waals surface area contributed by atoms with Crippen LogP contribution in [0.2, 0.25) is 0 Å². The number of rotatable bonds is 1.